The van der Waals surface area contributed by atoms with Crippen LogP contribution in [0.15, 0.2) is 67.0 Å². The van der Waals surface area contributed by atoms with Gasteiger partial charge in [-0.05, 0) is 54.8 Å². The summed E-state index contributed by atoms with van der Waals surface area (Å²) in [7, 11) is 1.67. The Morgan fingerprint density at radius 1 is 0.963 bits per heavy atom. The third kappa shape index (κ3) is 5.31. The van der Waals surface area contributed by atoms with Gasteiger partial charge in [-0.2, -0.15) is 0 Å². The average Bonchev–Trinajstić information content (AvgIpc) is 2.71. The zero-order valence-electron chi connectivity index (χ0n) is 16.1. The molecule has 140 valence electrons. The van der Waals surface area contributed by atoms with Crippen molar-refractivity contribution in [1.29, 1.82) is 0 Å². The first-order chi connectivity index (χ1) is 13.2. The number of methoxy groups -OCH3 is 1. The van der Waals surface area contributed by atoms with Crippen molar-refractivity contribution in [3.8, 4) is 11.5 Å². The van der Waals surface area contributed by atoms with E-state index in [1.807, 2.05) is 24.3 Å². The van der Waals surface area contributed by atoms with Crippen molar-refractivity contribution in [3.05, 3.63) is 89.2 Å². The van der Waals surface area contributed by atoms with E-state index in [0.29, 0.717) is 6.61 Å². The van der Waals surface area contributed by atoms with Crippen molar-refractivity contribution in [1.82, 2.24) is 10.3 Å². The number of rotatable bonds is 8. The molecule has 0 amide bonds. The van der Waals surface area contributed by atoms with Gasteiger partial charge in [0.05, 0.1) is 7.11 Å². The second-order valence-corrected chi connectivity index (χ2v) is 6.65. The molecule has 0 radical (unpaired) electrons. The van der Waals surface area contributed by atoms with Gasteiger partial charge in [0, 0.05) is 25.0 Å². The molecule has 0 aliphatic carbocycles. The number of pyridine rings is 1. The van der Waals surface area contributed by atoms with Crippen molar-refractivity contribution in [2.24, 2.45) is 0 Å². The van der Waals surface area contributed by atoms with Gasteiger partial charge in [-0.25, -0.2) is 0 Å². The Morgan fingerprint density at radius 3 is 2.52 bits per heavy atom. The highest BCUT2D eigenvalue weighted by Crippen LogP contribution is 2.31. The lowest BCUT2D eigenvalue weighted by Crippen LogP contribution is -2.18. The summed E-state index contributed by atoms with van der Waals surface area (Å²) in [6.45, 7) is 5.58. The van der Waals surface area contributed by atoms with E-state index in [-0.39, 0.29) is 6.04 Å². The molecule has 1 atom stereocenters. The fourth-order valence-electron chi connectivity index (χ4n) is 2.92. The second kappa shape index (κ2) is 9.19. The second-order valence-electron chi connectivity index (χ2n) is 6.65. The molecule has 0 aliphatic rings. The summed E-state index contributed by atoms with van der Waals surface area (Å²) in [6.07, 6.45) is 3.53. The molecular weight excluding hydrogens is 336 g/mol. The third-order valence-corrected chi connectivity index (χ3v) is 4.53. The van der Waals surface area contributed by atoms with Crippen LogP contribution in [-0.4, -0.2) is 12.1 Å². The highest BCUT2D eigenvalue weighted by Gasteiger charge is 2.11. The van der Waals surface area contributed by atoms with Crippen LogP contribution in [0.25, 0.3) is 0 Å². The van der Waals surface area contributed by atoms with E-state index in [2.05, 4.69) is 54.5 Å². The first-order valence-electron chi connectivity index (χ1n) is 9.14. The molecule has 0 fully saturated rings. The van der Waals surface area contributed by atoms with Crippen molar-refractivity contribution in [2.45, 2.75) is 33.0 Å². The number of hydrogen-bond acceptors (Lipinski definition) is 4. The van der Waals surface area contributed by atoms with Gasteiger partial charge in [-0.15, -0.1) is 0 Å². The Kier molecular flexibility index (Phi) is 6.44. The molecular formula is C23H26N2O2. The van der Waals surface area contributed by atoms with Gasteiger partial charge in [0.2, 0.25) is 0 Å². The normalized spacial score (nSPS) is 11.8. The summed E-state index contributed by atoms with van der Waals surface area (Å²) in [4.78, 5) is 4.02. The van der Waals surface area contributed by atoms with E-state index in [1.165, 1.54) is 11.1 Å². The standard InChI is InChI=1S/C23H26N2O2/c1-17-5-4-6-20(13-17)15-25-18(2)21-7-8-22(23(14-21)26-3)27-16-19-9-11-24-12-10-19/h4-14,18,25H,15-16H2,1-3H3. The summed E-state index contributed by atoms with van der Waals surface area (Å²) in [5.41, 5.74) is 4.80. The van der Waals surface area contributed by atoms with Crippen molar-refractivity contribution >= 4 is 0 Å². The molecule has 1 heterocycles. The Bertz CT molecular complexity index is 865. The summed E-state index contributed by atoms with van der Waals surface area (Å²) in [5, 5.41) is 3.57. The Balaban J connectivity index is 1.63. The van der Waals surface area contributed by atoms with E-state index in [0.717, 1.165) is 29.2 Å². The molecule has 1 aromatic heterocycles. The van der Waals surface area contributed by atoms with Gasteiger partial charge in [-0.1, -0.05) is 35.9 Å². The molecule has 27 heavy (non-hydrogen) atoms. The summed E-state index contributed by atoms with van der Waals surface area (Å²) in [6, 6.07) is 18.7. The molecule has 1 N–H and O–H groups in total. The number of benzene rings is 2. The van der Waals surface area contributed by atoms with Gasteiger partial charge >= 0.3 is 0 Å². The number of nitrogens with zero attached hydrogens (tertiary/aromatic N) is 1. The molecule has 0 saturated heterocycles. The van der Waals surface area contributed by atoms with Gasteiger partial charge in [0.1, 0.15) is 6.61 Å². The van der Waals surface area contributed by atoms with Gasteiger partial charge < -0.3 is 14.8 Å². The maximum absolute atomic E-state index is 5.92. The minimum atomic E-state index is 0.202. The van der Waals surface area contributed by atoms with Crippen molar-refractivity contribution in [2.75, 3.05) is 7.11 Å². The Hall–Kier alpha value is -2.85. The van der Waals surface area contributed by atoms with Crippen LogP contribution in [0.5, 0.6) is 11.5 Å². The van der Waals surface area contributed by atoms with Crippen LogP contribution >= 0.6 is 0 Å². The summed E-state index contributed by atoms with van der Waals surface area (Å²) >= 11 is 0. The molecule has 4 heteroatoms. The van der Waals surface area contributed by atoms with E-state index in [9.17, 15) is 0 Å². The Labute approximate surface area is 161 Å². The number of ether oxygens (including phenoxy) is 2. The fraction of sp³-hybridized carbons (Fsp3) is 0.261. The molecule has 0 saturated carbocycles. The minimum Gasteiger partial charge on any atom is -0.493 e. The first kappa shape index (κ1) is 18.9. The first-order valence-corrected chi connectivity index (χ1v) is 9.14. The largest absolute Gasteiger partial charge is 0.493 e. The molecule has 0 bridgehead atoms. The van der Waals surface area contributed by atoms with E-state index < -0.39 is 0 Å². The molecule has 4 nitrogen and oxygen atoms in total. The lowest BCUT2D eigenvalue weighted by molar-refractivity contribution is 0.284. The lowest BCUT2D eigenvalue weighted by atomic mass is 10.1. The van der Waals surface area contributed by atoms with E-state index in [4.69, 9.17) is 9.47 Å². The quantitative estimate of drug-likeness (QED) is 0.623. The third-order valence-electron chi connectivity index (χ3n) is 4.53. The highest BCUT2D eigenvalue weighted by atomic mass is 16.5. The van der Waals surface area contributed by atoms with Gasteiger partial charge in [-0.3, -0.25) is 4.98 Å². The summed E-state index contributed by atoms with van der Waals surface area (Å²) < 4.78 is 11.5. The van der Waals surface area contributed by atoms with Gasteiger partial charge in [0.15, 0.2) is 11.5 Å². The molecule has 0 aliphatic heterocycles. The van der Waals surface area contributed by atoms with E-state index in [1.54, 1.807) is 19.5 Å². The van der Waals surface area contributed by atoms with Crippen LogP contribution < -0.4 is 14.8 Å². The van der Waals surface area contributed by atoms with Crippen LogP contribution in [0.3, 0.4) is 0 Å². The maximum atomic E-state index is 5.92. The number of hydrogen-bond donors (Lipinski definition) is 1. The number of nitrogens with one attached hydrogen (secondary N) is 1. The fourth-order valence-corrected chi connectivity index (χ4v) is 2.92. The zero-order valence-corrected chi connectivity index (χ0v) is 16.1. The number of aryl methyl sites for hydroxylation is 1. The van der Waals surface area contributed by atoms with Gasteiger partial charge in [0.25, 0.3) is 0 Å². The molecule has 3 rings (SSSR count). The van der Waals surface area contributed by atoms with Crippen LogP contribution in [0.2, 0.25) is 0 Å². The Morgan fingerprint density at radius 2 is 1.78 bits per heavy atom. The molecule has 1 unspecified atom stereocenters. The molecule has 2 aromatic carbocycles. The van der Waals surface area contributed by atoms with Crippen LogP contribution in [0.4, 0.5) is 0 Å². The summed E-state index contributed by atoms with van der Waals surface area (Å²) in [5.74, 6) is 1.48. The van der Waals surface area contributed by atoms with Crippen LogP contribution in [0, 0.1) is 6.92 Å². The monoisotopic (exact) mass is 362 g/mol. The zero-order chi connectivity index (χ0) is 19.1. The van der Waals surface area contributed by atoms with Crippen molar-refractivity contribution in [3.63, 3.8) is 0 Å². The highest BCUT2D eigenvalue weighted by molar-refractivity contribution is 5.44. The average molecular weight is 362 g/mol. The topological polar surface area (TPSA) is 43.4 Å². The molecule has 3 aromatic rings. The molecule has 0 spiro atoms. The lowest BCUT2D eigenvalue weighted by Gasteiger charge is -2.17. The maximum Gasteiger partial charge on any atom is 0.161 e. The predicted octanol–water partition coefficient (Wildman–Crippen LogP) is 4.83. The van der Waals surface area contributed by atoms with Crippen LogP contribution in [-0.2, 0) is 13.2 Å². The van der Waals surface area contributed by atoms with E-state index >= 15 is 0 Å². The minimum absolute atomic E-state index is 0.202. The van der Waals surface area contributed by atoms with Crippen LogP contribution in [0.1, 0.15) is 35.2 Å². The SMILES string of the molecule is COc1cc(C(C)NCc2cccc(C)c2)ccc1OCc1ccncc1. The smallest absolute Gasteiger partial charge is 0.161 e. The number of aromatic nitrogens is 1. The predicted molar refractivity (Wildman–Crippen MR) is 108 cm³/mol. The van der Waals surface area contributed by atoms with Crippen molar-refractivity contribution < 1.29 is 9.47 Å².